The smallest absolute Gasteiger partial charge is 0.399 e. The number of hydrogen-bond acceptors (Lipinski definition) is 6. The van der Waals surface area contributed by atoms with Gasteiger partial charge in [0.05, 0.1) is 11.2 Å². The second-order valence-electron chi connectivity index (χ2n) is 12.7. The molecule has 9 heteroatoms. The van der Waals surface area contributed by atoms with Gasteiger partial charge in [-0.25, -0.2) is 0 Å². The van der Waals surface area contributed by atoms with Crippen molar-refractivity contribution in [2.45, 2.75) is 92.3 Å². The number of carbonyl (C=O) groups is 4. The molecule has 4 amide bonds. The Morgan fingerprint density at radius 2 is 1.07 bits per heavy atom. The van der Waals surface area contributed by atoms with Gasteiger partial charge in [0.2, 0.25) is 0 Å². The van der Waals surface area contributed by atoms with E-state index in [4.69, 9.17) is 9.31 Å². The van der Waals surface area contributed by atoms with Gasteiger partial charge in [0.25, 0.3) is 23.6 Å². The van der Waals surface area contributed by atoms with Gasteiger partial charge in [-0.3, -0.25) is 29.0 Å². The fraction of sp³-hybridized carbons (Fsp3) is 0.562. The highest BCUT2D eigenvalue weighted by molar-refractivity contribution is 6.65. The van der Waals surface area contributed by atoms with Gasteiger partial charge in [-0.2, -0.15) is 0 Å². The molecule has 0 atom stereocenters. The lowest BCUT2D eigenvalue weighted by Crippen LogP contribution is -2.50. The van der Waals surface area contributed by atoms with Gasteiger partial charge in [-0.05, 0) is 63.2 Å². The molecular weight excluding hydrogens is 519 g/mol. The summed E-state index contributed by atoms with van der Waals surface area (Å²) in [5, 5.41) is 0.724. The van der Waals surface area contributed by atoms with Crippen LogP contribution in [0.4, 0.5) is 0 Å². The van der Waals surface area contributed by atoms with E-state index in [0.717, 1.165) is 25.7 Å². The van der Waals surface area contributed by atoms with Gasteiger partial charge < -0.3 is 9.31 Å². The van der Waals surface area contributed by atoms with E-state index in [1.807, 2.05) is 55.4 Å². The Hall–Kier alpha value is -3.04. The third-order valence-electron chi connectivity index (χ3n) is 9.90. The average Bonchev–Trinajstić information content (AvgIpc) is 3.16. The summed E-state index contributed by atoms with van der Waals surface area (Å²) in [6.45, 7) is 16.5. The largest absolute Gasteiger partial charge is 0.495 e. The van der Waals surface area contributed by atoms with Crippen molar-refractivity contribution in [1.82, 2.24) is 9.80 Å². The molecule has 8 nitrogen and oxygen atoms in total. The van der Waals surface area contributed by atoms with Crippen LogP contribution in [0.25, 0.3) is 10.8 Å². The number of rotatable bonds is 9. The Balaban J connectivity index is 1.77. The summed E-state index contributed by atoms with van der Waals surface area (Å²) in [4.78, 5) is 58.5. The molecule has 5 rings (SSSR count). The molecular formula is C32H41BN2O6. The molecule has 2 aromatic rings. The van der Waals surface area contributed by atoms with Crippen LogP contribution in [-0.4, -0.2) is 64.8 Å². The summed E-state index contributed by atoms with van der Waals surface area (Å²) in [5.41, 5.74) is 0.264. The molecule has 41 heavy (non-hydrogen) atoms. The van der Waals surface area contributed by atoms with E-state index in [1.54, 1.807) is 18.2 Å². The number of imide groups is 2. The van der Waals surface area contributed by atoms with Gasteiger partial charge in [0.15, 0.2) is 0 Å². The average molecular weight is 561 g/mol. The van der Waals surface area contributed by atoms with E-state index >= 15 is 0 Å². The van der Waals surface area contributed by atoms with Crippen molar-refractivity contribution < 1.29 is 28.5 Å². The molecule has 0 unspecified atom stereocenters. The third-order valence-corrected chi connectivity index (χ3v) is 9.90. The Bertz CT molecular complexity index is 1440. The van der Waals surface area contributed by atoms with Gasteiger partial charge in [-0.15, -0.1) is 0 Å². The first-order valence-electron chi connectivity index (χ1n) is 15.0. The van der Waals surface area contributed by atoms with Crippen LogP contribution in [0.2, 0.25) is 0 Å². The highest BCUT2D eigenvalue weighted by atomic mass is 16.7. The van der Waals surface area contributed by atoms with Gasteiger partial charge in [0, 0.05) is 46.1 Å². The van der Waals surface area contributed by atoms with E-state index in [1.165, 1.54) is 9.80 Å². The number of benzene rings is 2. The first-order valence-corrected chi connectivity index (χ1v) is 15.0. The summed E-state index contributed by atoms with van der Waals surface area (Å²) in [6.07, 6.45) is 3.32. The summed E-state index contributed by atoms with van der Waals surface area (Å²) in [5.74, 6) is -1.34. The van der Waals surface area contributed by atoms with Crippen LogP contribution in [0.15, 0.2) is 18.2 Å². The van der Waals surface area contributed by atoms with E-state index in [-0.39, 0.29) is 17.4 Å². The first-order chi connectivity index (χ1) is 19.3. The van der Waals surface area contributed by atoms with E-state index in [2.05, 4.69) is 0 Å². The molecule has 3 aliphatic rings. The Morgan fingerprint density at radius 3 is 1.54 bits per heavy atom. The quantitative estimate of drug-likeness (QED) is 0.309. The fourth-order valence-corrected chi connectivity index (χ4v) is 6.20. The summed E-state index contributed by atoms with van der Waals surface area (Å²) < 4.78 is 12.8. The summed E-state index contributed by atoms with van der Waals surface area (Å²) in [7, 11) is -0.933. The zero-order valence-corrected chi connectivity index (χ0v) is 25.6. The Labute approximate surface area is 242 Å². The summed E-state index contributed by atoms with van der Waals surface area (Å²) >= 11 is 0. The lowest BCUT2D eigenvalue weighted by molar-refractivity contribution is 0.00578. The molecule has 0 aliphatic carbocycles. The molecule has 2 aromatic carbocycles. The van der Waals surface area contributed by atoms with Gasteiger partial charge in [0.1, 0.15) is 0 Å². The molecule has 0 radical (unpaired) electrons. The molecule has 0 bridgehead atoms. The van der Waals surface area contributed by atoms with E-state index < -0.39 is 41.9 Å². The van der Waals surface area contributed by atoms with Crippen molar-refractivity contribution in [3.63, 3.8) is 0 Å². The van der Waals surface area contributed by atoms with Crippen molar-refractivity contribution >= 4 is 47.0 Å². The highest BCUT2D eigenvalue weighted by Gasteiger charge is 2.54. The minimum absolute atomic E-state index is 0.152. The fourth-order valence-electron chi connectivity index (χ4n) is 6.20. The predicted octanol–water partition coefficient (Wildman–Crippen LogP) is 5.20. The van der Waals surface area contributed by atoms with Crippen molar-refractivity contribution in [2.75, 3.05) is 13.1 Å². The van der Waals surface area contributed by atoms with Crippen LogP contribution >= 0.6 is 0 Å². The zero-order chi connectivity index (χ0) is 30.0. The lowest BCUT2D eigenvalue weighted by Gasteiger charge is -2.35. The van der Waals surface area contributed by atoms with Crippen LogP contribution < -0.4 is 5.46 Å². The van der Waals surface area contributed by atoms with E-state index in [9.17, 15) is 19.2 Å². The summed E-state index contributed by atoms with van der Waals surface area (Å²) in [6, 6.07) is 4.94. The van der Waals surface area contributed by atoms with Crippen molar-refractivity contribution in [1.29, 1.82) is 0 Å². The van der Waals surface area contributed by atoms with Crippen molar-refractivity contribution in [3.05, 3.63) is 40.5 Å². The number of carbonyl (C=O) groups excluding carboxylic acids is 4. The maximum Gasteiger partial charge on any atom is 0.495 e. The second kappa shape index (κ2) is 10.4. The van der Waals surface area contributed by atoms with Gasteiger partial charge in [-0.1, -0.05) is 53.4 Å². The lowest BCUT2D eigenvalue weighted by atomic mass is 9.70. The predicted molar refractivity (Wildman–Crippen MR) is 159 cm³/mol. The second-order valence-corrected chi connectivity index (χ2v) is 12.7. The molecule has 3 aliphatic heterocycles. The maximum atomic E-state index is 14.3. The monoisotopic (exact) mass is 560 g/mol. The standard InChI is InChI=1S/C32H41BN2O6/c1-9-18(10-2)16-34-27(36)20-13-14-21-25-24(20)22(29(34)38)15-23(33-40-31(5,6)32(7,8)41-33)26(25)30(39)35(28(21)37)17-19(11-3)12-4/h13-15,18-19H,9-12,16-17H2,1-8H3. The number of amides is 4. The Kier molecular flexibility index (Phi) is 7.44. The zero-order valence-electron chi connectivity index (χ0n) is 25.6. The van der Waals surface area contributed by atoms with Crippen molar-refractivity contribution in [2.24, 2.45) is 11.8 Å². The van der Waals surface area contributed by atoms with Crippen LogP contribution in [0.3, 0.4) is 0 Å². The normalized spacial score (nSPS) is 19.5. The van der Waals surface area contributed by atoms with Crippen LogP contribution in [0.1, 0.15) is 123 Å². The SMILES string of the molecule is CCC(CC)CN1C(=O)c2ccc3c4c(c(B5OC(C)(C)C(C)(C)O5)cc(c24)C1=O)C(=O)N(CC(CC)CC)C3=O. The topological polar surface area (TPSA) is 93.2 Å². The molecule has 3 heterocycles. The maximum absolute atomic E-state index is 14.3. The van der Waals surface area contributed by atoms with Crippen LogP contribution in [-0.2, 0) is 9.31 Å². The molecule has 0 N–H and O–H groups in total. The van der Waals surface area contributed by atoms with Crippen LogP contribution in [0.5, 0.6) is 0 Å². The van der Waals surface area contributed by atoms with Crippen LogP contribution in [0, 0.1) is 11.8 Å². The minimum Gasteiger partial charge on any atom is -0.399 e. The van der Waals surface area contributed by atoms with Crippen molar-refractivity contribution in [3.8, 4) is 0 Å². The van der Waals surface area contributed by atoms with E-state index in [0.29, 0.717) is 46.0 Å². The number of hydrogen-bond donors (Lipinski definition) is 0. The number of nitrogens with zero attached hydrogens (tertiary/aromatic N) is 2. The molecule has 1 fully saturated rings. The first kappa shape index (κ1) is 29.5. The highest BCUT2D eigenvalue weighted by Crippen LogP contribution is 2.41. The third kappa shape index (κ3) is 4.43. The molecule has 0 saturated carbocycles. The minimum atomic E-state index is -0.933. The molecule has 0 aromatic heterocycles. The molecule has 1 saturated heterocycles. The molecule has 218 valence electrons. The molecule has 0 spiro atoms. The van der Waals surface area contributed by atoms with Gasteiger partial charge >= 0.3 is 7.12 Å². The Morgan fingerprint density at radius 1 is 0.659 bits per heavy atom.